The Hall–Kier alpha value is -1.59. The maximum Gasteiger partial charge on any atom is 0.123 e. The molecular formula is C17H15Cl2FN2O. The highest BCUT2D eigenvalue weighted by atomic mass is 35.5. The molecule has 1 heterocycles. The molecule has 3 nitrogen and oxygen atoms in total. The molecule has 6 heteroatoms. The number of aliphatic hydroxyl groups excluding tert-OH is 1. The van der Waals surface area contributed by atoms with E-state index in [0.29, 0.717) is 28.7 Å². The second-order valence-electron chi connectivity index (χ2n) is 5.35. The first-order valence-corrected chi connectivity index (χ1v) is 7.89. The molecule has 0 fully saturated rings. The average Bonchev–Trinajstić information content (AvgIpc) is 2.90. The van der Waals surface area contributed by atoms with Gasteiger partial charge >= 0.3 is 0 Å². The first kappa shape index (κ1) is 16.3. The highest BCUT2D eigenvalue weighted by molar-refractivity contribution is 6.42. The number of hydrogen-bond acceptors (Lipinski definition) is 2. The molecule has 3 rings (SSSR count). The number of aromatic amines is 1. The molecule has 0 saturated carbocycles. The Morgan fingerprint density at radius 1 is 1.09 bits per heavy atom. The molecule has 0 aliphatic rings. The maximum atomic E-state index is 12.9. The van der Waals surface area contributed by atoms with Crippen LogP contribution < -0.4 is 5.32 Å². The minimum absolute atomic E-state index is 0.315. The number of aromatic nitrogens is 1. The molecule has 2 aromatic carbocycles. The maximum absolute atomic E-state index is 12.9. The summed E-state index contributed by atoms with van der Waals surface area (Å²) < 4.78 is 12.9. The zero-order chi connectivity index (χ0) is 16.4. The number of benzene rings is 2. The molecule has 0 saturated heterocycles. The normalized spacial score (nSPS) is 12.7. The van der Waals surface area contributed by atoms with Crippen LogP contribution in [0.4, 0.5) is 4.39 Å². The Labute approximate surface area is 143 Å². The van der Waals surface area contributed by atoms with Crippen molar-refractivity contribution in [3.8, 4) is 0 Å². The Morgan fingerprint density at radius 2 is 1.78 bits per heavy atom. The molecular weight excluding hydrogens is 338 g/mol. The van der Waals surface area contributed by atoms with Crippen molar-refractivity contribution in [3.05, 3.63) is 69.6 Å². The van der Waals surface area contributed by atoms with E-state index in [0.717, 1.165) is 16.6 Å². The van der Waals surface area contributed by atoms with Crippen LogP contribution in [-0.2, 0) is 6.54 Å². The van der Waals surface area contributed by atoms with Crippen LogP contribution in [0, 0.1) is 5.82 Å². The summed E-state index contributed by atoms with van der Waals surface area (Å²) in [5.74, 6) is -0.315. The van der Waals surface area contributed by atoms with Crippen molar-refractivity contribution in [1.82, 2.24) is 10.3 Å². The third-order valence-corrected chi connectivity index (χ3v) is 4.35. The van der Waals surface area contributed by atoms with Crippen molar-refractivity contribution < 1.29 is 9.50 Å². The summed E-state index contributed by atoms with van der Waals surface area (Å²) in [7, 11) is 0. The standard InChI is InChI=1S/C17H15Cl2FN2O/c18-14-6-11-5-13(22-16(11)7-15(14)19)8-21-9-17(23)10-1-3-12(20)4-2-10/h1-7,17,21-23H,8-9H2/t17-/m1/s1. The lowest BCUT2D eigenvalue weighted by Crippen LogP contribution is -2.21. The number of nitrogens with one attached hydrogen (secondary N) is 2. The van der Waals surface area contributed by atoms with Crippen molar-refractivity contribution >= 4 is 34.1 Å². The smallest absolute Gasteiger partial charge is 0.123 e. The molecule has 120 valence electrons. The minimum Gasteiger partial charge on any atom is -0.387 e. The van der Waals surface area contributed by atoms with E-state index in [-0.39, 0.29) is 5.82 Å². The number of aliphatic hydroxyl groups is 1. The molecule has 23 heavy (non-hydrogen) atoms. The van der Waals surface area contributed by atoms with Crippen molar-refractivity contribution in [3.63, 3.8) is 0 Å². The van der Waals surface area contributed by atoms with Crippen LogP contribution in [0.3, 0.4) is 0 Å². The van der Waals surface area contributed by atoms with Crippen LogP contribution in [0.25, 0.3) is 10.9 Å². The molecule has 1 atom stereocenters. The van der Waals surface area contributed by atoms with Gasteiger partial charge in [-0.25, -0.2) is 4.39 Å². The predicted octanol–water partition coefficient (Wildman–Crippen LogP) is 4.44. The lowest BCUT2D eigenvalue weighted by atomic mass is 10.1. The Kier molecular flexibility index (Phi) is 4.87. The van der Waals surface area contributed by atoms with Gasteiger partial charge in [-0.1, -0.05) is 35.3 Å². The van der Waals surface area contributed by atoms with Gasteiger partial charge in [0.2, 0.25) is 0 Å². The topological polar surface area (TPSA) is 48.0 Å². The minimum atomic E-state index is -0.691. The SMILES string of the molecule is O[C@H](CNCc1cc2cc(Cl)c(Cl)cc2[nH]1)c1ccc(F)cc1. The molecule has 0 aliphatic heterocycles. The first-order chi connectivity index (χ1) is 11.0. The molecule has 0 amide bonds. The highest BCUT2D eigenvalue weighted by Crippen LogP contribution is 2.28. The lowest BCUT2D eigenvalue weighted by molar-refractivity contribution is 0.174. The van der Waals surface area contributed by atoms with Gasteiger partial charge in [0.25, 0.3) is 0 Å². The van der Waals surface area contributed by atoms with E-state index in [9.17, 15) is 9.50 Å². The fourth-order valence-corrected chi connectivity index (χ4v) is 2.76. The van der Waals surface area contributed by atoms with E-state index in [4.69, 9.17) is 23.2 Å². The molecule has 0 spiro atoms. The lowest BCUT2D eigenvalue weighted by Gasteiger charge is -2.11. The quantitative estimate of drug-likeness (QED) is 0.635. The molecule has 3 aromatic rings. The summed E-state index contributed by atoms with van der Waals surface area (Å²) >= 11 is 12.0. The zero-order valence-corrected chi connectivity index (χ0v) is 13.6. The number of fused-ring (bicyclic) bond motifs is 1. The van der Waals surface area contributed by atoms with E-state index in [1.807, 2.05) is 12.1 Å². The third kappa shape index (κ3) is 3.85. The summed E-state index contributed by atoms with van der Waals surface area (Å²) in [5, 5.41) is 15.2. The zero-order valence-electron chi connectivity index (χ0n) is 12.1. The molecule has 3 N–H and O–H groups in total. The molecule has 0 aliphatic carbocycles. The van der Waals surface area contributed by atoms with Crippen LogP contribution >= 0.6 is 23.2 Å². The number of halogens is 3. The Bertz CT molecular complexity index is 778. The van der Waals surface area contributed by atoms with Gasteiger partial charge in [0.05, 0.1) is 16.1 Å². The van der Waals surface area contributed by atoms with Crippen molar-refractivity contribution in [2.45, 2.75) is 12.6 Å². The highest BCUT2D eigenvalue weighted by Gasteiger charge is 2.08. The van der Waals surface area contributed by atoms with Crippen molar-refractivity contribution in [2.24, 2.45) is 0 Å². The molecule has 0 radical (unpaired) electrons. The largest absolute Gasteiger partial charge is 0.387 e. The predicted molar refractivity (Wildman–Crippen MR) is 91.4 cm³/mol. The first-order valence-electron chi connectivity index (χ1n) is 7.14. The second-order valence-corrected chi connectivity index (χ2v) is 6.16. The van der Waals surface area contributed by atoms with Gasteiger partial charge in [0.1, 0.15) is 5.82 Å². The van der Waals surface area contributed by atoms with Gasteiger partial charge in [-0.3, -0.25) is 0 Å². The van der Waals surface area contributed by atoms with Gasteiger partial charge < -0.3 is 15.4 Å². The van der Waals surface area contributed by atoms with Crippen LogP contribution in [0.5, 0.6) is 0 Å². The summed E-state index contributed by atoms with van der Waals surface area (Å²) in [5.41, 5.74) is 2.55. The summed E-state index contributed by atoms with van der Waals surface area (Å²) in [4.78, 5) is 3.25. The number of hydrogen-bond donors (Lipinski definition) is 3. The van der Waals surface area contributed by atoms with Gasteiger partial charge in [0, 0.05) is 29.7 Å². The van der Waals surface area contributed by atoms with Gasteiger partial charge in [-0.2, -0.15) is 0 Å². The van der Waals surface area contributed by atoms with Crippen molar-refractivity contribution in [2.75, 3.05) is 6.54 Å². The third-order valence-electron chi connectivity index (χ3n) is 3.63. The van der Waals surface area contributed by atoms with E-state index in [1.54, 1.807) is 18.2 Å². The van der Waals surface area contributed by atoms with Gasteiger partial charge in [0.15, 0.2) is 0 Å². The number of rotatable bonds is 5. The molecule has 0 bridgehead atoms. The van der Waals surface area contributed by atoms with Gasteiger partial charge in [-0.15, -0.1) is 0 Å². The number of H-pyrrole nitrogens is 1. The van der Waals surface area contributed by atoms with E-state index in [1.165, 1.54) is 12.1 Å². The average molecular weight is 353 g/mol. The van der Waals surface area contributed by atoms with Crippen LogP contribution in [0.2, 0.25) is 10.0 Å². The van der Waals surface area contributed by atoms with E-state index < -0.39 is 6.10 Å². The second kappa shape index (κ2) is 6.89. The van der Waals surface area contributed by atoms with Crippen LogP contribution in [0.15, 0.2) is 42.5 Å². The fourth-order valence-electron chi connectivity index (χ4n) is 2.43. The van der Waals surface area contributed by atoms with E-state index >= 15 is 0 Å². The van der Waals surface area contributed by atoms with E-state index in [2.05, 4.69) is 10.3 Å². The van der Waals surface area contributed by atoms with Crippen LogP contribution in [-0.4, -0.2) is 16.6 Å². The van der Waals surface area contributed by atoms with Crippen LogP contribution in [0.1, 0.15) is 17.4 Å². The molecule has 0 unspecified atom stereocenters. The summed E-state index contributed by atoms with van der Waals surface area (Å²) in [6.45, 7) is 0.921. The summed E-state index contributed by atoms with van der Waals surface area (Å²) in [6, 6.07) is 11.4. The summed E-state index contributed by atoms with van der Waals surface area (Å²) in [6.07, 6.45) is -0.691. The van der Waals surface area contributed by atoms with Gasteiger partial charge in [-0.05, 0) is 35.9 Å². The fraction of sp³-hybridized carbons (Fsp3) is 0.176. The Balaban J connectivity index is 1.61. The van der Waals surface area contributed by atoms with Crippen molar-refractivity contribution in [1.29, 1.82) is 0 Å². The monoisotopic (exact) mass is 352 g/mol. The molecule has 1 aromatic heterocycles. The Morgan fingerprint density at radius 3 is 2.52 bits per heavy atom.